The maximum atomic E-state index is 14.0. The van der Waals surface area contributed by atoms with Crippen LogP contribution in [0.1, 0.15) is 41.1 Å². The summed E-state index contributed by atoms with van der Waals surface area (Å²) in [7, 11) is 0. The number of halogens is 2. The van der Waals surface area contributed by atoms with Gasteiger partial charge in [0.25, 0.3) is 5.91 Å². The van der Waals surface area contributed by atoms with E-state index in [2.05, 4.69) is 9.88 Å². The zero-order valence-electron chi connectivity index (χ0n) is 15.4. The Kier molecular flexibility index (Phi) is 4.72. The first kappa shape index (κ1) is 18.1. The molecule has 0 N–H and O–H groups in total. The molecule has 27 heavy (non-hydrogen) atoms. The minimum atomic E-state index is -0.806. The van der Waals surface area contributed by atoms with Crippen LogP contribution in [0, 0.1) is 24.0 Å². The Morgan fingerprint density at radius 1 is 1.26 bits per heavy atom. The number of carbonyl (C=O) groups excluding carboxylic acids is 1. The summed E-state index contributed by atoms with van der Waals surface area (Å²) in [4.78, 5) is 20.8. The Morgan fingerprint density at radius 3 is 2.89 bits per heavy atom. The van der Waals surface area contributed by atoms with Crippen molar-refractivity contribution in [2.24, 2.45) is 5.41 Å². The van der Waals surface area contributed by atoms with Crippen LogP contribution in [0.3, 0.4) is 0 Å². The Balaban J connectivity index is 1.44. The van der Waals surface area contributed by atoms with E-state index in [1.165, 1.54) is 6.39 Å². The highest BCUT2D eigenvalue weighted by Crippen LogP contribution is 2.40. The van der Waals surface area contributed by atoms with Crippen LogP contribution in [0.25, 0.3) is 0 Å². The van der Waals surface area contributed by atoms with Gasteiger partial charge in [0.1, 0.15) is 5.76 Å². The normalized spacial score (nSPS) is 23.3. The van der Waals surface area contributed by atoms with Crippen molar-refractivity contribution in [2.45, 2.75) is 32.7 Å². The fourth-order valence-corrected chi connectivity index (χ4v) is 4.46. The predicted molar refractivity (Wildman–Crippen MR) is 95.1 cm³/mol. The van der Waals surface area contributed by atoms with Gasteiger partial charge >= 0.3 is 0 Å². The van der Waals surface area contributed by atoms with Gasteiger partial charge in [0.05, 0.1) is 0 Å². The van der Waals surface area contributed by atoms with Crippen LogP contribution >= 0.6 is 0 Å². The molecule has 0 saturated carbocycles. The highest BCUT2D eigenvalue weighted by molar-refractivity contribution is 5.93. The number of benzene rings is 1. The number of nitrogens with zero attached hydrogens (tertiary/aromatic N) is 3. The van der Waals surface area contributed by atoms with Gasteiger partial charge in [-0.2, -0.15) is 0 Å². The highest BCUT2D eigenvalue weighted by Gasteiger charge is 2.43. The van der Waals surface area contributed by atoms with Gasteiger partial charge in [-0.25, -0.2) is 13.8 Å². The summed E-state index contributed by atoms with van der Waals surface area (Å²) in [5.74, 6) is -1.12. The summed E-state index contributed by atoms with van der Waals surface area (Å²) in [5.41, 5.74) is 0.771. The van der Waals surface area contributed by atoms with Gasteiger partial charge in [-0.1, -0.05) is 12.1 Å². The molecular formula is C20H23F2N3O2. The summed E-state index contributed by atoms with van der Waals surface area (Å²) in [5, 5.41) is 0. The topological polar surface area (TPSA) is 49.6 Å². The molecule has 1 atom stereocenters. The van der Waals surface area contributed by atoms with Crippen LogP contribution in [0.15, 0.2) is 29.0 Å². The first-order valence-electron chi connectivity index (χ1n) is 9.32. The van der Waals surface area contributed by atoms with Crippen LogP contribution in [0.2, 0.25) is 0 Å². The second kappa shape index (κ2) is 7.03. The fraction of sp³-hybridized carbons (Fsp3) is 0.500. The Bertz CT molecular complexity index is 854. The molecule has 0 aliphatic carbocycles. The predicted octanol–water partition coefficient (Wildman–Crippen LogP) is 3.39. The molecule has 0 bridgehead atoms. The number of aromatic nitrogens is 1. The number of hydrogen-bond donors (Lipinski definition) is 0. The summed E-state index contributed by atoms with van der Waals surface area (Å²) in [6, 6.07) is 4.32. The number of amides is 1. The van der Waals surface area contributed by atoms with Crippen molar-refractivity contribution in [3.8, 4) is 0 Å². The first-order chi connectivity index (χ1) is 13.0. The molecule has 5 nitrogen and oxygen atoms in total. The minimum absolute atomic E-state index is 0.00928. The number of hydrogen-bond acceptors (Lipinski definition) is 4. The van der Waals surface area contributed by atoms with Crippen LogP contribution in [-0.2, 0) is 6.54 Å². The molecule has 0 radical (unpaired) electrons. The second-order valence-corrected chi connectivity index (χ2v) is 7.76. The first-order valence-corrected chi connectivity index (χ1v) is 9.32. The SMILES string of the molecule is Cc1ocnc1C(=O)N1CC[C@@]2(CCCN(Cc3cccc(F)c3F)C2)C1. The summed E-state index contributed by atoms with van der Waals surface area (Å²) in [6.07, 6.45) is 4.24. The standard InChI is InChI=1S/C20H23F2N3O2/c1-14-18(23-13-27-14)19(26)25-9-7-20(12-25)6-3-8-24(11-20)10-15-4-2-5-16(21)17(15)22/h2,4-5,13H,3,6-12H2,1H3/t20-/m1/s1. The smallest absolute Gasteiger partial charge is 0.276 e. The molecule has 2 saturated heterocycles. The average molecular weight is 375 g/mol. The molecule has 2 aromatic rings. The summed E-state index contributed by atoms with van der Waals surface area (Å²) < 4.78 is 32.7. The third-order valence-electron chi connectivity index (χ3n) is 5.84. The quantitative estimate of drug-likeness (QED) is 0.825. The van der Waals surface area contributed by atoms with Crippen LogP contribution in [0.5, 0.6) is 0 Å². The van der Waals surface area contributed by atoms with Crippen molar-refractivity contribution in [3.63, 3.8) is 0 Å². The zero-order valence-corrected chi connectivity index (χ0v) is 15.4. The molecule has 2 fully saturated rings. The van der Waals surface area contributed by atoms with Crippen LogP contribution in [-0.4, -0.2) is 46.9 Å². The number of rotatable bonds is 3. The molecule has 2 aliphatic heterocycles. The molecule has 3 heterocycles. The lowest BCUT2D eigenvalue weighted by Gasteiger charge is -2.40. The maximum Gasteiger partial charge on any atom is 0.276 e. The lowest BCUT2D eigenvalue weighted by atomic mass is 9.79. The number of carbonyl (C=O) groups is 1. The Labute approximate surface area is 157 Å². The molecule has 2 aliphatic rings. The van der Waals surface area contributed by atoms with Gasteiger partial charge in [0, 0.05) is 37.2 Å². The third-order valence-corrected chi connectivity index (χ3v) is 5.84. The van der Waals surface area contributed by atoms with Crippen molar-refractivity contribution in [3.05, 3.63) is 53.2 Å². The monoisotopic (exact) mass is 375 g/mol. The van der Waals surface area contributed by atoms with E-state index in [4.69, 9.17) is 4.42 Å². The largest absolute Gasteiger partial charge is 0.448 e. The molecule has 1 aromatic carbocycles. The van der Waals surface area contributed by atoms with Crippen molar-refractivity contribution >= 4 is 5.91 Å². The lowest BCUT2D eigenvalue weighted by Crippen LogP contribution is -2.45. The lowest BCUT2D eigenvalue weighted by molar-refractivity contribution is 0.0667. The Hall–Kier alpha value is -2.28. The van der Waals surface area contributed by atoms with Crippen molar-refractivity contribution in [1.29, 1.82) is 0 Å². The maximum absolute atomic E-state index is 14.0. The van der Waals surface area contributed by atoms with E-state index < -0.39 is 11.6 Å². The van der Waals surface area contributed by atoms with Crippen LogP contribution < -0.4 is 0 Å². The molecule has 1 spiro atoms. The number of piperidine rings is 1. The molecule has 1 aromatic heterocycles. The molecule has 4 rings (SSSR count). The van der Waals surface area contributed by atoms with Gasteiger partial charge in [-0.15, -0.1) is 0 Å². The van der Waals surface area contributed by atoms with E-state index in [-0.39, 0.29) is 11.3 Å². The third kappa shape index (κ3) is 3.48. The van der Waals surface area contributed by atoms with E-state index >= 15 is 0 Å². The van der Waals surface area contributed by atoms with E-state index in [9.17, 15) is 13.6 Å². The Morgan fingerprint density at radius 2 is 2.11 bits per heavy atom. The van der Waals surface area contributed by atoms with Crippen molar-refractivity contribution in [1.82, 2.24) is 14.8 Å². The highest BCUT2D eigenvalue weighted by atomic mass is 19.2. The van der Waals surface area contributed by atoms with E-state index in [0.717, 1.165) is 38.4 Å². The van der Waals surface area contributed by atoms with Crippen LogP contribution in [0.4, 0.5) is 8.78 Å². The van der Waals surface area contributed by atoms with E-state index in [0.29, 0.717) is 36.7 Å². The number of likely N-dealkylation sites (tertiary alicyclic amines) is 2. The van der Waals surface area contributed by atoms with Crippen molar-refractivity contribution < 1.29 is 18.0 Å². The number of aryl methyl sites for hydroxylation is 1. The molecule has 0 unspecified atom stereocenters. The van der Waals surface area contributed by atoms with E-state index in [1.807, 2.05) is 4.90 Å². The fourth-order valence-electron chi connectivity index (χ4n) is 4.46. The number of oxazole rings is 1. The second-order valence-electron chi connectivity index (χ2n) is 7.76. The molecular weight excluding hydrogens is 352 g/mol. The van der Waals surface area contributed by atoms with Crippen molar-refractivity contribution in [2.75, 3.05) is 26.2 Å². The minimum Gasteiger partial charge on any atom is -0.448 e. The molecule has 7 heteroatoms. The molecule has 1 amide bonds. The van der Waals surface area contributed by atoms with E-state index in [1.54, 1.807) is 19.1 Å². The zero-order chi connectivity index (χ0) is 19.0. The summed E-state index contributed by atoms with van der Waals surface area (Å²) in [6.45, 7) is 5.12. The molecule has 144 valence electrons. The van der Waals surface area contributed by atoms with Gasteiger partial charge in [-0.05, 0) is 38.8 Å². The van der Waals surface area contributed by atoms with Gasteiger partial charge in [0.15, 0.2) is 23.7 Å². The average Bonchev–Trinajstić information content (AvgIpc) is 3.25. The van der Waals surface area contributed by atoms with Gasteiger partial charge in [0.2, 0.25) is 0 Å². The van der Waals surface area contributed by atoms with Gasteiger partial charge in [-0.3, -0.25) is 9.69 Å². The summed E-state index contributed by atoms with van der Waals surface area (Å²) >= 11 is 0. The van der Waals surface area contributed by atoms with Gasteiger partial charge < -0.3 is 9.32 Å².